The Bertz CT molecular complexity index is 793. The van der Waals surface area contributed by atoms with Gasteiger partial charge in [0.15, 0.2) is 11.5 Å². The fourth-order valence-corrected chi connectivity index (χ4v) is 1.82. The number of pyridine rings is 1. The second kappa shape index (κ2) is 4.93. The van der Waals surface area contributed by atoms with Gasteiger partial charge in [0.2, 0.25) is 0 Å². The first-order chi connectivity index (χ1) is 9.75. The summed E-state index contributed by atoms with van der Waals surface area (Å²) in [5.74, 6) is -0.923. The highest BCUT2D eigenvalue weighted by Crippen LogP contribution is 2.23. The molecule has 0 radical (unpaired) electrons. The van der Waals surface area contributed by atoms with Crippen molar-refractivity contribution in [3.8, 4) is 0 Å². The third-order valence-corrected chi connectivity index (χ3v) is 2.72. The van der Waals surface area contributed by atoms with E-state index in [2.05, 4.69) is 15.2 Å². The minimum Gasteiger partial charge on any atom is -0.476 e. The summed E-state index contributed by atoms with van der Waals surface area (Å²) >= 11 is 0. The maximum absolute atomic E-state index is 11.2. The molecular formula is C14H10N4O2. The fourth-order valence-electron chi connectivity index (χ4n) is 1.82. The Kier molecular flexibility index (Phi) is 2.96. The topological polar surface area (TPSA) is 79.3 Å². The Labute approximate surface area is 114 Å². The lowest BCUT2D eigenvalue weighted by molar-refractivity contribution is 0.0692. The van der Waals surface area contributed by atoms with Crippen LogP contribution in [0.2, 0.25) is 0 Å². The van der Waals surface area contributed by atoms with E-state index in [9.17, 15) is 9.90 Å². The van der Waals surface area contributed by atoms with E-state index in [0.29, 0.717) is 11.3 Å². The summed E-state index contributed by atoms with van der Waals surface area (Å²) < 4.78 is 1.59. The number of carboxylic acids is 1. The number of hydrogen-bond donors (Lipinski definition) is 1. The maximum Gasteiger partial charge on any atom is 0.358 e. The minimum atomic E-state index is -1.13. The predicted molar refractivity (Wildman–Crippen MR) is 72.8 cm³/mol. The smallest absolute Gasteiger partial charge is 0.358 e. The van der Waals surface area contributed by atoms with Crippen molar-refractivity contribution in [2.45, 2.75) is 0 Å². The molecule has 0 atom stereocenters. The van der Waals surface area contributed by atoms with Crippen LogP contribution in [0, 0.1) is 0 Å². The molecule has 0 saturated carbocycles. The lowest BCUT2D eigenvalue weighted by Gasteiger charge is -1.95. The van der Waals surface area contributed by atoms with Gasteiger partial charge in [-0.3, -0.25) is 4.40 Å². The first kappa shape index (κ1) is 12.0. The zero-order valence-electron chi connectivity index (χ0n) is 10.3. The normalized spacial score (nSPS) is 11.2. The summed E-state index contributed by atoms with van der Waals surface area (Å²) in [6.07, 6.45) is 1.70. The van der Waals surface area contributed by atoms with Gasteiger partial charge < -0.3 is 5.11 Å². The summed E-state index contributed by atoms with van der Waals surface area (Å²) in [7, 11) is 0. The van der Waals surface area contributed by atoms with Crippen LogP contribution < -0.4 is 0 Å². The van der Waals surface area contributed by atoms with Gasteiger partial charge in [0, 0.05) is 6.20 Å². The Morgan fingerprint density at radius 3 is 2.55 bits per heavy atom. The Balaban J connectivity index is 2.12. The molecule has 6 heteroatoms. The summed E-state index contributed by atoms with van der Waals surface area (Å²) in [6.45, 7) is 0. The average Bonchev–Trinajstić information content (AvgIpc) is 2.85. The first-order valence-corrected chi connectivity index (χ1v) is 5.93. The molecule has 1 aromatic carbocycles. The van der Waals surface area contributed by atoms with Crippen molar-refractivity contribution < 1.29 is 9.90 Å². The van der Waals surface area contributed by atoms with Gasteiger partial charge in [-0.05, 0) is 24.3 Å². The number of fused-ring (bicyclic) bond motifs is 1. The van der Waals surface area contributed by atoms with E-state index in [4.69, 9.17) is 0 Å². The van der Waals surface area contributed by atoms with E-state index < -0.39 is 5.97 Å². The highest BCUT2D eigenvalue weighted by Gasteiger charge is 2.17. The van der Waals surface area contributed by atoms with Gasteiger partial charge in [-0.25, -0.2) is 9.78 Å². The standard InChI is InChI=1S/C14H10N4O2/c19-14(20)12-13(17-16-10-6-2-1-3-7-10)18-9-5-4-8-11(18)15-12/h1-9H,(H,19,20). The highest BCUT2D eigenvalue weighted by atomic mass is 16.4. The molecular weight excluding hydrogens is 256 g/mol. The molecule has 2 heterocycles. The molecule has 6 nitrogen and oxygen atoms in total. The molecule has 0 fully saturated rings. The maximum atomic E-state index is 11.2. The number of aromatic nitrogens is 2. The summed E-state index contributed by atoms with van der Waals surface area (Å²) in [5.41, 5.74) is 1.05. The van der Waals surface area contributed by atoms with Crippen molar-refractivity contribution in [3.05, 3.63) is 60.4 Å². The van der Waals surface area contributed by atoms with Crippen LogP contribution in [0.5, 0.6) is 0 Å². The Morgan fingerprint density at radius 2 is 1.80 bits per heavy atom. The van der Waals surface area contributed by atoms with Crippen LogP contribution in [0.4, 0.5) is 11.5 Å². The second-order valence-electron chi connectivity index (χ2n) is 4.05. The van der Waals surface area contributed by atoms with E-state index in [0.717, 1.165) is 0 Å². The lowest BCUT2D eigenvalue weighted by atomic mass is 10.3. The number of carboxylic acid groups (broad SMARTS) is 1. The Hall–Kier alpha value is -3.02. The summed E-state index contributed by atoms with van der Waals surface area (Å²) in [5, 5.41) is 17.3. The average molecular weight is 266 g/mol. The molecule has 1 N–H and O–H groups in total. The van der Waals surface area contributed by atoms with Crippen molar-refractivity contribution in [2.24, 2.45) is 10.2 Å². The molecule has 3 aromatic rings. The predicted octanol–water partition coefficient (Wildman–Crippen LogP) is 3.45. The molecule has 0 saturated heterocycles. The van der Waals surface area contributed by atoms with Crippen molar-refractivity contribution in [3.63, 3.8) is 0 Å². The number of nitrogens with zero attached hydrogens (tertiary/aromatic N) is 4. The molecule has 98 valence electrons. The number of hydrogen-bond acceptors (Lipinski definition) is 4. The molecule has 0 aliphatic heterocycles. The summed E-state index contributed by atoms with van der Waals surface area (Å²) in [6, 6.07) is 14.4. The van der Waals surface area contributed by atoms with Crippen LogP contribution in [0.1, 0.15) is 10.5 Å². The van der Waals surface area contributed by atoms with Crippen LogP contribution in [-0.2, 0) is 0 Å². The van der Waals surface area contributed by atoms with Gasteiger partial charge in [-0.15, -0.1) is 10.2 Å². The molecule has 3 rings (SSSR count). The van der Waals surface area contributed by atoms with Crippen LogP contribution in [0.25, 0.3) is 5.65 Å². The van der Waals surface area contributed by atoms with Gasteiger partial charge in [-0.2, -0.15) is 0 Å². The monoisotopic (exact) mass is 266 g/mol. The quantitative estimate of drug-likeness (QED) is 0.737. The highest BCUT2D eigenvalue weighted by molar-refractivity contribution is 5.91. The van der Waals surface area contributed by atoms with E-state index in [1.165, 1.54) is 0 Å². The number of carbonyl (C=O) groups is 1. The Morgan fingerprint density at radius 1 is 1.05 bits per heavy atom. The van der Waals surface area contributed by atoms with Crippen molar-refractivity contribution >= 4 is 23.1 Å². The first-order valence-electron chi connectivity index (χ1n) is 5.93. The zero-order chi connectivity index (χ0) is 13.9. The molecule has 20 heavy (non-hydrogen) atoms. The van der Waals surface area contributed by atoms with Crippen molar-refractivity contribution in [2.75, 3.05) is 0 Å². The molecule has 0 amide bonds. The second-order valence-corrected chi connectivity index (χ2v) is 4.05. The largest absolute Gasteiger partial charge is 0.476 e. The molecule has 0 aliphatic carbocycles. The van der Waals surface area contributed by atoms with E-state index in [-0.39, 0.29) is 11.5 Å². The van der Waals surface area contributed by atoms with Crippen LogP contribution in [0.15, 0.2) is 65.0 Å². The van der Waals surface area contributed by atoms with Crippen LogP contribution >= 0.6 is 0 Å². The number of imidazole rings is 1. The third-order valence-electron chi connectivity index (χ3n) is 2.72. The third kappa shape index (κ3) is 2.14. The molecule has 0 aliphatic rings. The van der Waals surface area contributed by atoms with Gasteiger partial charge in [0.1, 0.15) is 5.65 Å². The van der Waals surface area contributed by atoms with Crippen LogP contribution in [-0.4, -0.2) is 20.5 Å². The zero-order valence-corrected chi connectivity index (χ0v) is 10.3. The number of benzene rings is 1. The van der Waals surface area contributed by atoms with Gasteiger partial charge in [0.25, 0.3) is 0 Å². The molecule has 0 unspecified atom stereocenters. The SMILES string of the molecule is O=C(O)c1nc2ccccn2c1N=Nc1ccccc1. The molecule has 2 aromatic heterocycles. The fraction of sp³-hybridized carbons (Fsp3) is 0. The van der Waals surface area contributed by atoms with Gasteiger partial charge in [0.05, 0.1) is 5.69 Å². The minimum absolute atomic E-state index is 0.115. The lowest BCUT2D eigenvalue weighted by Crippen LogP contribution is -1.96. The molecule has 0 spiro atoms. The van der Waals surface area contributed by atoms with Crippen molar-refractivity contribution in [1.82, 2.24) is 9.38 Å². The van der Waals surface area contributed by atoms with Gasteiger partial charge >= 0.3 is 5.97 Å². The number of azo groups is 1. The summed E-state index contributed by atoms with van der Waals surface area (Å²) in [4.78, 5) is 15.3. The molecule has 0 bridgehead atoms. The van der Waals surface area contributed by atoms with E-state index >= 15 is 0 Å². The van der Waals surface area contributed by atoms with E-state index in [1.807, 2.05) is 18.2 Å². The number of rotatable bonds is 3. The van der Waals surface area contributed by atoms with Crippen LogP contribution in [0.3, 0.4) is 0 Å². The number of aromatic carboxylic acids is 1. The van der Waals surface area contributed by atoms with Gasteiger partial charge in [-0.1, -0.05) is 24.3 Å². The van der Waals surface area contributed by atoms with E-state index in [1.54, 1.807) is 40.9 Å². The van der Waals surface area contributed by atoms with Crippen molar-refractivity contribution in [1.29, 1.82) is 0 Å².